The van der Waals surface area contributed by atoms with Gasteiger partial charge in [-0.15, -0.1) is 12.4 Å². The highest BCUT2D eigenvalue weighted by atomic mass is 35.5. The summed E-state index contributed by atoms with van der Waals surface area (Å²) < 4.78 is 0. The smallest absolute Gasteiger partial charge is 0.138 e. The maximum Gasteiger partial charge on any atom is 0.138 e. The molecule has 104 valence electrons. The summed E-state index contributed by atoms with van der Waals surface area (Å²) in [5.74, 6) is 0.872. The Morgan fingerprint density at radius 3 is 2.43 bits per heavy atom. The summed E-state index contributed by atoms with van der Waals surface area (Å²) in [4.78, 5) is 8.12. The van der Waals surface area contributed by atoms with E-state index in [1.54, 1.807) is 0 Å². The molecule has 0 atom stereocenters. The molecule has 0 fully saturated rings. The zero-order valence-electron chi connectivity index (χ0n) is 11.2. The van der Waals surface area contributed by atoms with E-state index in [2.05, 4.69) is 29.2 Å². The number of nitrogens with one attached hydrogen (secondary N) is 1. The number of nitrogens with two attached hydrogens (primary N) is 1. The van der Waals surface area contributed by atoms with Gasteiger partial charge in [0.25, 0.3) is 0 Å². The molecule has 0 aliphatic rings. The quantitative estimate of drug-likeness (QED) is 0.512. The molecule has 0 aliphatic heterocycles. The molecule has 0 amide bonds. The van der Waals surface area contributed by atoms with E-state index in [0.717, 1.165) is 28.1 Å². The Labute approximate surface area is 128 Å². The van der Waals surface area contributed by atoms with Gasteiger partial charge < -0.3 is 10.7 Å². The van der Waals surface area contributed by atoms with Gasteiger partial charge in [-0.3, -0.25) is 0 Å². The SMILES string of the molecule is Cl.Nc1ccc(-c2nc3c(ccc4ccccc43)[nH]2)cc1. The molecule has 0 aliphatic carbocycles. The highest BCUT2D eigenvalue weighted by Crippen LogP contribution is 2.27. The second-order valence-corrected chi connectivity index (χ2v) is 4.89. The van der Waals surface area contributed by atoms with Crippen molar-refractivity contribution in [2.75, 3.05) is 5.73 Å². The third-order valence-corrected chi connectivity index (χ3v) is 3.56. The van der Waals surface area contributed by atoms with E-state index in [0.29, 0.717) is 0 Å². The maximum atomic E-state index is 5.72. The van der Waals surface area contributed by atoms with Gasteiger partial charge in [0.2, 0.25) is 0 Å². The van der Waals surface area contributed by atoms with E-state index in [4.69, 9.17) is 10.7 Å². The molecule has 0 spiro atoms. The monoisotopic (exact) mass is 295 g/mol. The Morgan fingerprint density at radius 1 is 0.857 bits per heavy atom. The first-order chi connectivity index (χ1) is 9.81. The first-order valence-corrected chi connectivity index (χ1v) is 6.55. The van der Waals surface area contributed by atoms with Crippen LogP contribution in [-0.2, 0) is 0 Å². The Bertz CT molecular complexity index is 910. The number of H-pyrrole nitrogens is 1. The molecular weight excluding hydrogens is 282 g/mol. The number of hydrogen-bond donors (Lipinski definition) is 2. The Kier molecular flexibility index (Phi) is 3.28. The molecular formula is C17H14ClN3. The molecule has 3 aromatic carbocycles. The average molecular weight is 296 g/mol. The van der Waals surface area contributed by atoms with Gasteiger partial charge in [0.05, 0.1) is 11.0 Å². The summed E-state index contributed by atoms with van der Waals surface area (Å²) in [6, 6.07) is 20.2. The molecule has 4 aromatic rings. The lowest BCUT2D eigenvalue weighted by Gasteiger charge is -1.97. The Hall–Kier alpha value is -2.52. The van der Waals surface area contributed by atoms with Gasteiger partial charge in [-0.1, -0.05) is 30.3 Å². The van der Waals surface area contributed by atoms with E-state index >= 15 is 0 Å². The normalized spacial score (nSPS) is 10.7. The lowest BCUT2D eigenvalue weighted by Crippen LogP contribution is -1.84. The molecule has 21 heavy (non-hydrogen) atoms. The third kappa shape index (κ3) is 2.22. The minimum absolute atomic E-state index is 0. The molecule has 3 nitrogen and oxygen atoms in total. The van der Waals surface area contributed by atoms with Gasteiger partial charge in [-0.05, 0) is 35.7 Å². The fourth-order valence-corrected chi connectivity index (χ4v) is 2.52. The van der Waals surface area contributed by atoms with E-state index in [1.165, 1.54) is 10.8 Å². The van der Waals surface area contributed by atoms with Gasteiger partial charge in [-0.2, -0.15) is 0 Å². The van der Waals surface area contributed by atoms with Crippen molar-refractivity contribution in [3.8, 4) is 11.4 Å². The van der Waals surface area contributed by atoms with Crippen molar-refractivity contribution in [3.63, 3.8) is 0 Å². The number of halogens is 1. The standard InChI is InChI=1S/C17H13N3.ClH/c18-13-8-5-12(6-9-13)17-19-15-10-7-11-3-1-2-4-14(11)16(15)20-17;/h1-10H,18H2,(H,19,20);1H. The number of rotatable bonds is 1. The molecule has 3 N–H and O–H groups in total. The summed E-state index contributed by atoms with van der Waals surface area (Å²) in [6.45, 7) is 0. The number of aromatic nitrogens is 2. The van der Waals surface area contributed by atoms with Crippen molar-refractivity contribution >= 4 is 39.9 Å². The number of nitrogen functional groups attached to an aromatic ring is 1. The molecule has 0 unspecified atom stereocenters. The van der Waals surface area contributed by atoms with E-state index in [-0.39, 0.29) is 12.4 Å². The summed E-state index contributed by atoms with van der Waals surface area (Å²) in [5, 5.41) is 2.37. The van der Waals surface area contributed by atoms with Crippen LogP contribution in [0.15, 0.2) is 60.7 Å². The molecule has 0 radical (unpaired) electrons. The number of fused-ring (bicyclic) bond motifs is 3. The maximum absolute atomic E-state index is 5.72. The third-order valence-electron chi connectivity index (χ3n) is 3.56. The van der Waals surface area contributed by atoms with Crippen LogP contribution in [-0.4, -0.2) is 9.97 Å². The number of nitrogens with zero attached hydrogens (tertiary/aromatic N) is 1. The zero-order chi connectivity index (χ0) is 13.5. The van der Waals surface area contributed by atoms with Crippen molar-refractivity contribution in [1.82, 2.24) is 9.97 Å². The van der Waals surface area contributed by atoms with Crippen LogP contribution in [0.25, 0.3) is 33.2 Å². The molecule has 0 bridgehead atoms. The largest absolute Gasteiger partial charge is 0.399 e. The molecule has 0 saturated heterocycles. The second kappa shape index (κ2) is 5.11. The molecule has 1 heterocycles. The van der Waals surface area contributed by atoms with Crippen LogP contribution < -0.4 is 5.73 Å². The Balaban J connectivity index is 0.00000132. The molecule has 4 heteroatoms. The van der Waals surface area contributed by atoms with Gasteiger partial charge in [0.1, 0.15) is 5.82 Å². The van der Waals surface area contributed by atoms with Crippen molar-refractivity contribution in [1.29, 1.82) is 0 Å². The summed E-state index contributed by atoms with van der Waals surface area (Å²) >= 11 is 0. The van der Waals surface area contributed by atoms with E-state index in [1.807, 2.05) is 36.4 Å². The molecule has 4 rings (SSSR count). The molecule has 0 saturated carbocycles. The number of aromatic amines is 1. The van der Waals surface area contributed by atoms with E-state index < -0.39 is 0 Å². The topological polar surface area (TPSA) is 54.7 Å². The number of benzene rings is 3. The predicted octanol–water partition coefficient (Wildman–Crippen LogP) is 4.39. The van der Waals surface area contributed by atoms with Crippen LogP contribution in [0, 0.1) is 0 Å². The first-order valence-electron chi connectivity index (χ1n) is 6.55. The fraction of sp³-hybridized carbons (Fsp3) is 0. The first kappa shape index (κ1) is 13.5. The summed E-state index contributed by atoms with van der Waals surface area (Å²) in [6.07, 6.45) is 0. The highest BCUT2D eigenvalue weighted by Gasteiger charge is 2.07. The highest BCUT2D eigenvalue weighted by molar-refractivity contribution is 6.04. The van der Waals surface area contributed by atoms with Crippen LogP contribution in [0.5, 0.6) is 0 Å². The van der Waals surface area contributed by atoms with Crippen LogP contribution >= 0.6 is 12.4 Å². The number of imidazole rings is 1. The van der Waals surface area contributed by atoms with Crippen LogP contribution in [0.4, 0.5) is 5.69 Å². The minimum Gasteiger partial charge on any atom is -0.399 e. The fourth-order valence-electron chi connectivity index (χ4n) is 2.52. The summed E-state index contributed by atoms with van der Waals surface area (Å²) in [5.41, 5.74) is 9.58. The van der Waals surface area contributed by atoms with Crippen molar-refractivity contribution in [2.45, 2.75) is 0 Å². The van der Waals surface area contributed by atoms with Crippen molar-refractivity contribution < 1.29 is 0 Å². The van der Waals surface area contributed by atoms with Gasteiger partial charge in [-0.25, -0.2) is 4.98 Å². The lowest BCUT2D eigenvalue weighted by atomic mass is 10.1. The van der Waals surface area contributed by atoms with Gasteiger partial charge in [0.15, 0.2) is 0 Å². The Morgan fingerprint density at radius 2 is 1.62 bits per heavy atom. The van der Waals surface area contributed by atoms with Crippen molar-refractivity contribution in [3.05, 3.63) is 60.7 Å². The van der Waals surface area contributed by atoms with Crippen molar-refractivity contribution in [2.24, 2.45) is 0 Å². The van der Waals surface area contributed by atoms with Gasteiger partial charge >= 0.3 is 0 Å². The lowest BCUT2D eigenvalue weighted by molar-refractivity contribution is 1.34. The van der Waals surface area contributed by atoms with E-state index in [9.17, 15) is 0 Å². The zero-order valence-corrected chi connectivity index (χ0v) is 12.0. The summed E-state index contributed by atoms with van der Waals surface area (Å²) in [7, 11) is 0. The van der Waals surface area contributed by atoms with Crippen LogP contribution in [0.1, 0.15) is 0 Å². The predicted molar refractivity (Wildman–Crippen MR) is 90.7 cm³/mol. The number of hydrogen-bond acceptors (Lipinski definition) is 2. The van der Waals surface area contributed by atoms with Crippen LogP contribution in [0.2, 0.25) is 0 Å². The molecule has 1 aromatic heterocycles. The number of anilines is 1. The van der Waals surface area contributed by atoms with Crippen LogP contribution in [0.3, 0.4) is 0 Å². The van der Waals surface area contributed by atoms with Gasteiger partial charge in [0, 0.05) is 16.6 Å². The average Bonchev–Trinajstić information content (AvgIpc) is 2.92. The second-order valence-electron chi connectivity index (χ2n) is 4.89. The minimum atomic E-state index is 0.